The van der Waals surface area contributed by atoms with Crippen LogP contribution >= 0.6 is 28.3 Å². The maximum atomic E-state index is 11.6. The lowest BCUT2D eigenvalue weighted by Gasteiger charge is -2.27. The maximum Gasteiger partial charge on any atom is 0.220 e. The van der Waals surface area contributed by atoms with Gasteiger partial charge in [0.2, 0.25) is 5.91 Å². The molecule has 1 saturated heterocycles. The van der Waals surface area contributed by atoms with Gasteiger partial charge >= 0.3 is 0 Å². The van der Waals surface area contributed by atoms with Crippen LogP contribution in [0.5, 0.6) is 0 Å². The first-order chi connectivity index (χ1) is 8.24. The fraction of sp³-hybridized carbons (Fsp3) is 0.462. The normalized spacial score (nSPS) is 14.5. The van der Waals surface area contributed by atoms with E-state index < -0.39 is 0 Å². The molecule has 2 rings (SSSR count). The predicted octanol–water partition coefficient (Wildman–Crippen LogP) is 2.14. The molecule has 18 heavy (non-hydrogen) atoms. The Labute approximate surface area is 122 Å². The van der Waals surface area contributed by atoms with Crippen molar-refractivity contribution in [2.75, 3.05) is 19.6 Å². The fourth-order valence-corrected chi connectivity index (χ4v) is 2.01. The number of hydrogen-bond donors (Lipinski definition) is 2. The van der Waals surface area contributed by atoms with Gasteiger partial charge in [-0.25, -0.2) is 0 Å². The average Bonchev–Trinajstić information content (AvgIpc) is 2.26. The monoisotopic (exact) mass is 332 g/mol. The van der Waals surface area contributed by atoms with Crippen molar-refractivity contribution in [2.24, 2.45) is 5.92 Å². The SMILES string of the molecule is Cl.O=C(CCc1ccc(Br)cc1)NCC1CNC1. The topological polar surface area (TPSA) is 41.1 Å². The zero-order valence-corrected chi connectivity index (χ0v) is 12.5. The van der Waals surface area contributed by atoms with Crippen LogP contribution in [0.3, 0.4) is 0 Å². The molecule has 0 bridgehead atoms. The molecular weight excluding hydrogens is 316 g/mol. The third-order valence-corrected chi connectivity index (χ3v) is 3.54. The highest BCUT2D eigenvalue weighted by Gasteiger charge is 2.16. The minimum atomic E-state index is 0. The van der Waals surface area contributed by atoms with E-state index in [2.05, 4.69) is 26.6 Å². The molecule has 0 unspecified atom stereocenters. The molecule has 1 amide bonds. The van der Waals surface area contributed by atoms with E-state index in [9.17, 15) is 4.79 Å². The second-order valence-corrected chi connectivity index (χ2v) is 5.37. The molecule has 5 heteroatoms. The molecule has 0 atom stereocenters. The first-order valence-electron chi connectivity index (χ1n) is 5.96. The van der Waals surface area contributed by atoms with E-state index in [4.69, 9.17) is 0 Å². The van der Waals surface area contributed by atoms with Crippen molar-refractivity contribution in [2.45, 2.75) is 12.8 Å². The van der Waals surface area contributed by atoms with Gasteiger partial charge in [0.1, 0.15) is 0 Å². The second kappa shape index (κ2) is 7.77. The molecule has 0 radical (unpaired) electrons. The number of nitrogens with one attached hydrogen (secondary N) is 2. The lowest BCUT2D eigenvalue weighted by Crippen LogP contribution is -2.48. The van der Waals surface area contributed by atoms with Gasteiger partial charge in [0.25, 0.3) is 0 Å². The zero-order chi connectivity index (χ0) is 12.1. The summed E-state index contributed by atoms with van der Waals surface area (Å²) in [5, 5.41) is 6.17. The molecule has 100 valence electrons. The Morgan fingerprint density at radius 3 is 2.56 bits per heavy atom. The van der Waals surface area contributed by atoms with Crippen molar-refractivity contribution < 1.29 is 4.79 Å². The lowest BCUT2D eigenvalue weighted by atomic mass is 10.0. The van der Waals surface area contributed by atoms with Gasteiger partial charge < -0.3 is 10.6 Å². The van der Waals surface area contributed by atoms with E-state index in [-0.39, 0.29) is 18.3 Å². The summed E-state index contributed by atoms with van der Waals surface area (Å²) >= 11 is 3.40. The Morgan fingerprint density at radius 2 is 2.00 bits per heavy atom. The van der Waals surface area contributed by atoms with Gasteiger partial charge in [0.05, 0.1) is 0 Å². The Bertz CT molecular complexity index is 379. The summed E-state index contributed by atoms with van der Waals surface area (Å²) in [6, 6.07) is 8.11. The number of halogens is 2. The number of carbonyl (C=O) groups is 1. The first-order valence-corrected chi connectivity index (χ1v) is 6.75. The summed E-state index contributed by atoms with van der Waals surface area (Å²) in [5.41, 5.74) is 1.20. The van der Waals surface area contributed by atoms with Crippen LogP contribution in [0.4, 0.5) is 0 Å². The molecule has 0 saturated carbocycles. The lowest BCUT2D eigenvalue weighted by molar-refractivity contribution is -0.121. The summed E-state index contributed by atoms with van der Waals surface area (Å²) in [4.78, 5) is 11.6. The minimum Gasteiger partial charge on any atom is -0.356 e. The van der Waals surface area contributed by atoms with Crippen molar-refractivity contribution in [1.82, 2.24) is 10.6 Å². The van der Waals surface area contributed by atoms with Crippen LogP contribution in [0.2, 0.25) is 0 Å². The summed E-state index contributed by atoms with van der Waals surface area (Å²) < 4.78 is 1.07. The van der Waals surface area contributed by atoms with Gasteiger partial charge in [0.15, 0.2) is 0 Å². The third kappa shape index (κ3) is 4.96. The fourth-order valence-electron chi connectivity index (χ4n) is 1.75. The van der Waals surface area contributed by atoms with Crippen LogP contribution in [-0.4, -0.2) is 25.5 Å². The highest BCUT2D eigenvalue weighted by Crippen LogP contribution is 2.11. The van der Waals surface area contributed by atoms with Gasteiger partial charge in [-0.2, -0.15) is 0 Å². The number of carbonyl (C=O) groups excluding carboxylic acids is 1. The van der Waals surface area contributed by atoms with E-state index in [0.29, 0.717) is 12.3 Å². The molecule has 3 nitrogen and oxygen atoms in total. The second-order valence-electron chi connectivity index (χ2n) is 4.45. The van der Waals surface area contributed by atoms with Gasteiger partial charge in [-0.3, -0.25) is 4.79 Å². The van der Waals surface area contributed by atoms with Crippen LogP contribution < -0.4 is 10.6 Å². The van der Waals surface area contributed by atoms with Crippen molar-refractivity contribution in [3.8, 4) is 0 Å². The van der Waals surface area contributed by atoms with E-state index in [0.717, 1.165) is 30.5 Å². The number of rotatable bonds is 5. The molecule has 0 aromatic heterocycles. The van der Waals surface area contributed by atoms with Crippen molar-refractivity contribution >= 4 is 34.2 Å². The molecule has 1 fully saturated rings. The molecule has 1 aromatic carbocycles. The van der Waals surface area contributed by atoms with E-state index in [1.807, 2.05) is 24.3 Å². The summed E-state index contributed by atoms with van der Waals surface area (Å²) in [7, 11) is 0. The molecule has 0 spiro atoms. The Hall–Kier alpha value is -0.580. The molecule has 1 heterocycles. The van der Waals surface area contributed by atoms with Gasteiger partial charge in [-0.1, -0.05) is 28.1 Å². The van der Waals surface area contributed by atoms with Gasteiger partial charge in [-0.15, -0.1) is 12.4 Å². The quantitative estimate of drug-likeness (QED) is 0.867. The van der Waals surface area contributed by atoms with Crippen molar-refractivity contribution in [1.29, 1.82) is 0 Å². The largest absolute Gasteiger partial charge is 0.356 e. The van der Waals surface area contributed by atoms with Crippen molar-refractivity contribution in [3.63, 3.8) is 0 Å². The van der Waals surface area contributed by atoms with E-state index in [1.54, 1.807) is 0 Å². The minimum absolute atomic E-state index is 0. The van der Waals surface area contributed by atoms with E-state index in [1.165, 1.54) is 5.56 Å². The third-order valence-electron chi connectivity index (χ3n) is 3.01. The predicted molar refractivity (Wildman–Crippen MR) is 79.1 cm³/mol. The smallest absolute Gasteiger partial charge is 0.220 e. The zero-order valence-electron chi connectivity index (χ0n) is 10.1. The highest BCUT2D eigenvalue weighted by atomic mass is 79.9. The number of aryl methyl sites for hydroxylation is 1. The van der Waals surface area contributed by atoms with Crippen LogP contribution in [0, 0.1) is 5.92 Å². The highest BCUT2D eigenvalue weighted by molar-refractivity contribution is 9.10. The van der Waals surface area contributed by atoms with Crippen LogP contribution in [-0.2, 0) is 11.2 Å². The molecule has 1 aliphatic rings. The maximum absolute atomic E-state index is 11.6. The number of amides is 1. The Morgan fingerprint density at radius 1 is 1.33 bits per heavy atom. The summed E-state index contributed by atoms with van der Waals surface area (Å²) in [6.45, 7) is 2.88. The van der Waals surface area contributed by atoms with Gasteiger partial charge in [-0.05, 0) is 24.1 Å². The molecule has 1 aliphatic heterocycles. The van der Waals surface area contributed by atoms with E-state index >= 15 is 0 Å². The van der Waals surface area contributed by atoms with Gasteiger partial charge in [0, 0.05) is 36.4 Å². The summed E-state index contributed by atoms with van der Waals surface area (Å²) in [5.74, 6) is 0.784. The van der Waals surface area contributed by atoms with Crippen LogP contribution in [0.1, 0.15) is 12.0 Å². The standard InChI is InChI=1S/C13H17BrN2O.ClH/c14-12-4-1-10(2-5-12)3-6-13(17)16-9-11-7-15-8-11;/h1-2,4-5,11,15H,3,6-9H2,(H,16,17);1H. The average molecular weight is 334 g/mol. The number of benzene rings is 1. The number of hydrogen-bond acceptors (Lipinski definition) is 2. The Balaban J connectivity index is 0.00000162. The molecule has 2 N–H and O–H groups in total. The molecular formula is C13H18BrClN2O. The van der Waals surface area contributed by atoms with Crippen molar-refractivity contribution in [3.05, 3.63) is 34.3 Å². The molecule has 0 aliphatic carbocycles. The Kier molecular flexibility index (Phi) is 6.68. The summed E-state index contributed by atoms with van der Waals surface area (Å²) in [6.07, 6.45) is 1.38. The van der Waals surface area contributed by atoms with Crippen LogP contribution in [0.25, 0.3) is 0 Å². The van der Waals surface area contributed by atoms with Crippen LogP contribution in [0.15, 0.2) is 28.7 Å². The first kappa shape index (κ1) is 15.5. The molecule has 1 aromatic rings.